The molecular formula is C16H20N2O4. The SMILES string of the molecule is COC(=O)c1ccc(NC(=O)CCN(C(C)=O)C2CC2)cc1. The quantitative estimate of drug-likeness (QED) is 0.813. The van der Waals surface area contributed by atoms with Gasteiger partial charge in [0.05, 0.1) is 12.7 Å². The summed E-state index contributed by atoms with van der Waals surface area (Å²) in [6, 6.07) is 6.78. The Balaban J connectivity index is 1.83. The second kappa shape index (κ2) is 7.06. The number of benzene rings is 1. The highest BCUT2D eigenvalue weighted by atomic mass is 16.5. The van der Waals surface area contributed by atoms with E-state index in [9.17, 15) is 14.4 Å². The van der Waals surface area contributed by atoms with Gasteiger partial charge in [0.1, 0.15) is 0 Å². The van der Waals surface area contributed by atoms with Crippen LogP contribution in [0, 0.1) is 0 Å². The summed E-state index contributed by atoms with van der Waals surface area (Å²) >= 11 is 0. The van der Waals surface area contributed by atoms with E-state index in [1.807, 2.05) is 0 Å². The van der Waals surface area contributed by atoms with E-state index >= 15 is 0 Å². The van der Waals surface area contributed by atoms with E-state index < -0.39 is 5.97 Å². The number of hydrogen-bond acceptors (Lipinski definition) is 4. The fourth-order valence-corrected chi connectivity index (χ4v) is 2.24. The van der Waals surface area contributed by atoms with E-state index in [0.29, 0.717) is 23.8 Å². The molecule has 6 nitrogen and oxygen atoms in total. The van der Waals surface area contributed by atoms with E-state index in [0.717, 1.165) is 12.8 Å². The first-order valence-corrected chi connectivity index (χ1v) is 7.26. The van der Waals surface area contributed by atoms with Gasteiger partial charge in [-0.15, -0.1) is 0 Å². The highest BCUT2D eigenvalue weighted by molar-refractivity contribution is 5.93. The van der Waals surface area contributed by atoms with E-state index in [2.05, 4.69) is 10.1 Å². The Kier molecular flexibility index (Phi) is 5.14. The first-order valence-electron chi connectivity index (χ1n) is 7.26. The van der Waals surface area contributed by atoms with Gasteiger partial charge in [0.25, 0.3) is 0 Å². The summed E-state index contributed by atoms with van der Waals surface area (Å²) in [6.07, 6.45) is 2.31. The lowest BCUT2D eigenvalue weighted by atomic mass is 10.2. The lowest BCUT2D eigenvalue weighted by Crippen LogP contribution is -2.33. The average Bonchev–Trinajstić information content (AvgIpc) is 3.32. The van der Waals surface area contributed by atoms with E-state index in [1.54, 1.807) is 29.2 Å². The van der Waals surface area contributed by atoms with Crippen molar-refractivity contribution in [3.05, 3.63) is 29.8 Å². The zero-order valence-electron chi connectivity index (χ0n) is 12.8. The Labute approximate surface area is 129 Å². The molecule has 1 fully saturated rings. The monoisotopic (exact) mass is 304 g/mol. The van der Waals surface area contributed by atoms with Crippen molar-refractivity contribution in [1.82, 2.24) is 4.90 Å². The summed E-state index contributed by atoms with van der Waals surface area (Å²) in [7, 11) is 1.32. The van der Waals surface area contributed by atoms with Crippen molar-refractivity contribution < 1.29 is 19.1 Å². The van der Waals surface area contributed by atoms with Gasteiger partial charge in [-0.1, -0.05) is 0 Å². The zero-order chi connectivity index (χ0) is 16.1. The van der Waals surface area contributed by atoms with Crippen molar-refractivity contribution in [2.75, 3.05) is 19.0 Å². The lowest BCUT2D eigenvalue weighted by Gasteiger charge is -2.20. The fraction of sp³-hybridized carbons (Fsp3) is 0.438. The summed E-state index contributed by atoms with van der Waals surface area (Å²) in [4.78, 5) is 36.5. The molecule has 0 radical (unpaired) electrons. The molecule has 118 valence electrons. The standard InChI is InChI=1S/C16H20N2O4/c1-11(19)18(14-7-8-14)10-9-15(20)17-13-5-3-12(4-6-13)16(21)22-2/h3-6,14H,7-10H2,1-2H3,(H,17,20). The minimum Gasteiger partial charge on any atom is -0.465 e. The molecule has 1 N–H and O–H groups in total. The van der Waals surface area contributed by atoms with Crippen LogP contribution in [0.5, 0.6) is 0 Å². The summed E-state index contributed by atoms with van der Waals surface area (Å²) in [5, 5.41) is 2.75. The van der Waals surface area contributed by atoms with Crippen LogP contribution >= 0.6 is 0 Å². The van der Waals surface area contributed by atoms with Crippen LogP contribution in [0.2, 0.25) is 0 Å². The van der Waals surface area contributed by atoms with Crippen molar-refractivity contribution in [1.29, 1.82) is 0 Å². The fourth-order valence-electron chi connectivity index (χ4n) is 2.24. The van der Waals surface area contributed by atoms with Crippen LogP contribution in [0.25, 0.3) is 0 Å². The van der Waals surface area contributed by atoms with Crippen molar-refractivity contribution >= 4 is 23.5 Å². The molecular weight excluding hydrogens is 284 g/mol. The van der Waals surface area contributed by atoms with Crippen molar-refractivity contribution in [3.8, 4) is 0 Å². The van der Waals surface area contributed by atoms with Gasteiger partial charge in [-0.05, 0) is 37.1 Å². The zero-order valence-corrected chi connectivity index (χ0v) is 12.8. The number of carbonyl (C=O) groups is 3. The Bertz CT molecular complexity index is 564. The molecule has 0 bridgehead atoms. The van der Waals surface area contributed by atoms with Crippen LogP contribution in [0.4, 0.5) is 5.69 Å². The number of hydrogen-bond donors (Lipinski definition) is 1. The third-order valence-corrected chi connectivity index (χ3v) is 3.56. The second-order valence-electron chi connectivity index (χ2n) is 5.31. The molecule has 1 saturated carbocycles. The van der Waals surface area contributed by atoms with Crippen LogP contribution in [0.1, 0.15) is 36.5 Å². The molecule has 22 heavy (non-hydrogen) atoms. The van der Waals surface area contributed by atoms with Gasteiger partial charge in [-0.3, -0.25) is 9.59 Å². The van der Waals surface area contributed by atoms with Crippen molar-refractivity contribution in [3.63, 3.8) is 0 Å². The number of esters is 1. The largest absolute Gasteiger partial charge is 0.465 e. The van der Waals surface area contributed by atoms with Gasteiger partial charge < -0.3 is 15.0 Å². The molecule has 0 aliphatic heterocycles. The Morgan fingerprint density at radius 1 is 1.23 bits per heavy atom. The third kappa shape index (κ3) is 4.31. The minimum absolute atomic E-state index is 0.0118. The molecule has 0 heterocycles. The van der Waals surface area contributed by atoms with Crippen LogP contribution in [0.15, 0.2) is 24.3 Å². The lowest BCUT2D eigenvalue weighted by molar-refractivity contribution is -0.129. The molecule has 1 aromatic carbocycles. The smallest absolute Gasteiger partial charge is 0.337 e. The molecule has 1 aromatic rings. The first kappa shape index (κ1) is 16.0. The van der Waals surface area contributed by atoms with Gasteiger partial charge in [0, 0.05) is 31.6 Å². The summed E-state index contributed by atoms with van der Waals surface area (Å²) in [5.41, 5.74) is 1.04. The van der Waals surface area contributed by atoms with Gasteiger partial charge in [-0.25, -0.2) is 4.79 Å². The molecule has 2 rings (SSSR count). The average molecular weight is 304 g/mol. The molecule has 0 saturated heterocycles. The summed E-state index contributed by atoms with van der Waals surface area (Å²) in [6.45, 7) is 1.97. The molecule has 0 unspecified atom stereocenters. The Morgan fingerprint density at radius 2 is 1.86 bits per heavy atom. The number of nitrogens with one attached hydrogen (secondary N) is 1. The van der Waals surface area contributed by atoms with Crippen molar-refractivity contribution in [2.45, 2.75) is 32.2 Å². The number of anilines is 1. The van der Waals surface area contributed by atoms with Gasteiger partial charge in [0.15, 0.2) is 0 Å². The summed E-state index contributed by atoms with van der Waals surface area (Å²) in [5.74, 6) is -0.560. The van der Waals surface area contributed by atoms with E-state index in [4.69, 9.17) is 0 Å². The van der Waals surface area contributed by atoms with Gasteiger partial charge >= 0.3 is 5.97 Å². The maximum atomic E-state index is 11.9. The van der Waals surface area contributed by atoms with Gasteiger partial charge in [0.2, 0.25) is 11.8 Å². The molecule has 6 heteroatoms. The minimum atomic E-state index is -0.417. The van der Waals surface area contributed by atoms with Gasteiger partial charge in [-0.2, -0.15) is 0 Å². The molecule has 0 atom stereocenters. The van der Waals surface area contributed by atoms with E-state index in [-0.39, 0.29) is 18.2 Å². The number of amides is 2. The highest BCUT2D eigenvalue weighted by Gasteiger charge is 2.30. The van der Waals surface area contributed by atoms with Crippen LogP contribution in [0.3, 0.4) is 0 Å². The molecule has 0 aromatic heterocycles. The topological polar surface area (TPSA) is 75.7 Å². The molecule has 1 aliphatic rings. The maximum Gasteiger partial charge on any atom is 0.337 e. The third-order valence-electron chi connectivity index (χ3n) is 3.56. The Morgan fingerprint density at radius 3 is 2.36 bits per heavy atom. The predicted molar refractivity (Wildman–Crippen MR) is 81.4 cm³/mol. The van der Waals surface area contributed by atoms with E-state index in [1.165, 1.54) is 14.0 Å². The van der Waals surface area contributed by atoms with Crippen LogP contribution in [-0.2, 0) is 14.3 Å². The molecule has 0 spiro atoms. The predicted octanol–water partition coefficient (Wildman–Crippen LogP) is 1.81. The summed E-state index contributed by atoms with van der Waals surface area (Å²) < 4.78 is 4.61. The maximum absolute atomic E-state index is 11.9. The number of rotatable bonds is 6. The Hall–Kier alpha value is -2.37. The first-order chi connectivity index (χ1) is 10.5. The second-order valence-corrected chi connectivity index (χ2v) is 5.31. The number of nitrogens with zero attached hydrogens (tertiary/aromatic N) is 1. The van der Waals surface area contributed by atoms with Crippen molar-refractivity contribution in [2.24, 2.45) is 0 Å². The molecule has 2 amide bonds. The van der Waals surface area contributed by atoms with Crippen LogP contribution in [-0.4, -0.2) is 42.4 Å². The normalized spacial score (nSPS) is 13.4. The van der Waals surface area contributed by atoms with Crippen LogP contribution < -0.4 is 5.32 Å². The number of ether oxygens (including phenoxy) is 1. The number of carbonyl (C=O) groups excluding carboxylic acids is 3. The number of methoxy groups -OCH3 is 1. The highest BCUT2D eigenvalue weighted by Crippen LogP contribution is 2.26. The molecule has 1 aliphatic carbocycles.